The molecule has 0 fully saturated rings. The van der Waals surface area contributed by atoms with E-state index in [1.807, 2.05) is 59.3 Å². The maximum atomic E-state index is 12.5. The van der Waals surface area contributed by atoms with Gasteiger partial charge in [-0.25, -0.2) is 0 Å². The minimum absolute atomic E-state index is 0.0751. The largest absolute Gasteiger partial charge is 0.598 e. The van der Waals surface area contributed by atoms with Crippen molar-refractivity contribution in [1.82, 2.24) is 9.71 Å². The van der Waals surface area contributed by atoms with E-state index < -0.39 is 11.4 Å². The summed E-state index contributed by atoms with van der Waals surface area (Å²) >= 11 is -1.15. The van der Waals surface area contributed by atoms with Gasteiger partial charge >= 0.3 is 0 Å². The number of nitrogens with zero attached hydrogens (tertiary/aromatic N) is 2. The van der Waals surface area contributed by atoms with Gasteiger partial charge in [0.2, 0.25) is 5.91 Å². The average molecular weight is 400 g/mol. The molecule has 150 valence electrons. The molecule has 0 bridgehead atoms. The highest BCUT2D eigenvalue weighted by Gasteiger charge is 2.29. The minimum Gasteiger partial charge on any atom is -0.598 e. The van der Waals surface area contributed by atoms with E-state index in [1.165, 1.54) is 5.56 Å². The molecule has 0 aliphatic carbocycles. The molecule has 1 unspecified atom stereocenters. The average Bonchev–Trinajstić information content (AvgIpc) is 2.64. The lowest BCUT2D eigenvalue weighted by Crippen LogP contribution is -2.40. The topological polar surface area (TPSA) is 68.3 Å². The lowest BCUT2D eigenvalue weighted by molar-refractivity contribution is -0.118. The van der Waals surface area contributed by atoms with Crippen molar-refractivity contribution < 1.29 is 9.35 Å². The van der Waals surface area contributed by atoms with Crippen LogP contribution in [0.2, 0.25) is 0 Å². The second-order valence-electron chi connectivity index (χ2n) is 8.42. The van der Waals surface area contributed by atoms with Crippen LogP contribution in [0.1, 0.15) is 56.8 Å². The molecule has 2 atom stereocenters. The zero-order valence-electron chi connectivity index (χ0n) is 17.5. The summed E-state index contributed by atoms with van der Waals surface area (Å²) in [6.07, 6.45) is 5.04. The zero-order chi connectivity index (χ0) is 20.6. The molecule has 0 saturated heterocycles. The number of carbonyl (C=O) groups is 1. The van der Waals surface area contributed by atoms with Crippen molar-refractivity contribution in [3.63, 3.8) is 0 Å². The number of fused-ring (bicyclic) bond motifs is 1. The summed E-state index contributed by atoms with van der Waals surface area (Å²) in [4.78, 5) is 18.1. The van der Waals surface area contributed by atoms with Crippen LogP contribution in [0.3, 0.4) is 0 Å². The summed E-state index contributed by atoms with van der Waals surface area (Å²) in [6.45, 7) is 9.97. The maximum absolute atomic E-state index is 12.5. The lowest BCUT2D eigenvalue weighted by atomic mass is 9.93. The second kappa shape index (κ2) is 7.85. The summed E-state index contributed by atoms with van der Waals surface area (Å²) in [7, 11) is 1.83. The Labute approximate surface area is 170 Å². The van der Waals surface area contributed by atoms with Gasteiger partial charge in [0.25, 0.3) is 0 Å². The molecule has 1 aromatic carbocycles. The normalized spacial score (nSPS) is 16.7. The van der Waals surface area contributed by atoms with Crippen LogP contribution in [0.15, 0.2) is 30.6 Å². The van der Waals surface area contributed by atoms with Gasteiger partial charge in [-0.3, -0.25) is 9.78 Å². The van der Waals surface area contributed by atoms with E-state index in [1.54, 1.807) is 4.90 Å². The first-order chi connectivity index (χ1) is 13.1. The molecule has 1 aromatic heterocycles. The first kappa shape index (κ1) is 20.8. The van der Waals surface area contributed by atoms with E-state index in [-0.39, 0.29) is 16.7 Å². The van der Waals surface area contributed by atoms with Crippen molar-refractivity contribution >= 4 is 23.0 Å². The molecule has 5 nitrogen and oxygen atoms in total. The lowest BCUT2D eigenvalue weighted by Gasteiger charge is -2.28. The van der Waals surface area contributed by atoms with Crippen LogP contribution in [0.4, 0.5) is 5.69 Å². The van der Waals surface area contributed by atoms with E-state index >= 15 is 0 Å². The van der Waals surface area contributed by atoms with Crippen molar-refractivity contribution in [1.29, 1.82) is 0 Å². The number of amides is 1. The third kappa shape index (κ3) is 4.09. The van der Waals surface area contributed by atoms with Crippen molar-refractivity contribution in [2.45, 2.75) is 58.2 Å². The minimum atomic E-state index is -1.15. The van der Waals surface area contributed by atoms with E-state index in [9.17, 15) is 9.35 Å². The molecule has 1 N–H and O–H groups in total. The Morgan fingerprint density at radius 3 is 2.64 bits per heavy atom. The number of carbonyl (C=O) groups excluding carboxylic acids is 1. The predicted molar refractivity (Wildman–Crippen MR) is 116 cm³/mol. The molecule has 1 aliphatic heterocycles. The number of hydrogen-bond acceptors (Lipinski definition) is 4. The van der Waals surface area contributed by atoms with Crippen LogP contribution >= 0.6 is 0 Å². The van der Waals surface area contributed by atoms with Crippen molar-refractivity contribution in [3.8, 4) is 11.1 Å². The second-order valence-corrected chi connectivity index (χ2v) is 10.4. The number of benzene rings is 1. The highest BCUT2D eigenvalue weighted by molar-refractivity contribution is 7.90. The Morgan fingerprint density at radius 1 is 1.25 bits per heavy atom. The molecule has 0 saturated carbocycles. The van der Waals surface area contributed by atoms with E-state index in [0.717, 1.165) is 34.4 Å². The Bertz CT molecular complexity index is 892. The number of pyridine rings is 1. The van der Waals surface area contributed by atoms with Gasteiger partial charge < -0.3 is 9.45 Å². The molecule has 1 aliphatic rings. The number of rotatable bonds is 4. The fraction of sp³-hybridized carbons (Fsp3) is 0.455. The number of anilines is 1. The summed E-state index contributed by atoms with van der Waals surface area (Å²) < 4.78 is 15.4. The highest BCUT2D eigenvalue weighted by atomic mass is 32.2. The summed E-state index contributed by atoms with van der Waals surface area (Å²) in [5.41, 5.74) is 6.50. The molecule has 3 rings (SSSR count). The van der Waals surface area contributed by atoms with E-state index in [2.05, 4.69) is 22.7 Å². The van der Waals surface area contributed by atoms with Gasteiger partial charge in [0, 0.05) is 48.5 Å². The van der Waals surface area contributed by atoms with E-state index in [4.69, 9.17) is 0 Å². The molecule has 6 heteroatoms. The van der Waals surface area contributed by atoms with Gasteiger partial charge in [-0.05, 0) is 75.4 Å². The Balaban J connectivity index is 1.92. The third-order valence-corrected chi connectivity index (χ3v) is 6.97. The smallest absolute Gasteiger partial charge is 0.227 e. The van der Waals surface area contributed by atoms with Gasteiger partial charge in [0.15, 0.2) is 0 Å². The van der Waals surface area contributed by atoms with Crippen molar-refractivity contribution in [2.24, 2.45) is 0 Å². The summed E-state index contributed by atoms with van der Waals surface area (Å²) in [6, 6.07) is 6.16. The number of nitrogens with one attached hydrogen (secondary N) is 1. The standard InChI is InChI=1S/C22H29N3O2S/c1-14-18(15(2)24-28(27)22(3,4)5)12-23-13-19(14)16-7-9-20-17(11-16)8-10-21(26)25(20)6/h7,9,11-13,15,24H,8,10H2,1-6H3/t15?,28-/m1/s1. The van der Waals surface area contributed by atoms with Gasteiger partial charge in [0.05, 0.1) is 6.04 Å². The molecule has 28 heavy (non-hydrogen) atoms. The zero-order valence-corrected chi connectivity index (χ0v) is 18.3. The summed E-state index contributed by atoms with van der Waals surface area (Å²) in [5.74, 6) is 0.159. The number of aryl methyl sites for hydroxylation is 1. The predicted octanol–water partition coefficient (Wildman–Crippen LogP) is 4.08. The third-order valence-electron chi connectivity index (χ3n) is 5.29. The first-order valence-electron chi connectivity index (χ1n) is 9.62. The molecule has 1 amide bonds. The Hall–Kier alpha value is -1.89. The quantitative estimate of drug-likeness (QED) is 0.787. The Kier molecular flexibility index (Phi) is 5.84. The van der Waals surface area contributed by atoms with Crippen LogP contribution in [0.5, 0.6) is 0 Å². The molecular formula is C22H29N3O2S. The maximum Gasteiger partial charge on any atom is 0.227 e. The van der Waals surface area contributed by atoms with Gasteiger partial charge in [-0.1, -0.05) is 6.07 Å². The fourth-order valence-corrected chi connectivity index (χ4v) is 4.30. The van der Waals surface area contributed by atoms with Gasteiger partial charge in [-0.2, -0.15) is 0 Å². The van der Waals surface area contributed by atoms with Crippen molar-refractivity contribution in [3.05, 3.63) is 47.3 Å². The molecule has 0 radical (unpaired) electrons. The molecule has 2 aromatic rings. The monoisotopic (exact) mass is 399 g/mol. The van der Waals surface area contributed by atoms with Crippen LogP contribution in [-0.2, 0) is 22.6 Å². The Morgan fingerprint density at radius 2 is 1.96 bits per heavy atom. The highest BCUT2D eigenvalue weighted by Crippen LogP contribution is 2.34. The van der Waals surface area contributed by atoms with Gasteiger partial charge in [-0.15, -0.1) is 4.72 Å². The molecular weight excluding hydrogens is 370 g/mol. The molecule has 0 spiro atoms. The van der Waals surface area contributed by atoms with Crippen LogP contribution in [0, 0.1) is 6.92 Å². The van der Waals surface area contributed by atoms with Crippen LogP contribution in [-0.4, -0.2) is 27.2 Å². The molecule has 2 heterocycles. The summed E-state index contributed by atoms with van der Waals surface area (Å²) in [5, 5.41) is 0. The van der Waals surface area contributed by atoms with Crippen molar-refractivity contribution in [2.75, 3.05) is 11.9 Å². The first-order valence-corrected chi connectivity index (χ1v) is 10.8. The van der Waals surface area contributed by atoms with Crippen LogP contribution < -0.4 is 9.62 Å². The number of aromatic nitrogens is 1. The van der Waals surface area contributed by atoms with E-state index in [0.29, 0.717) is 6.42 Å². The fourth-order valence-electron chi connectivity index (χ4n) is 3.49. The van der Waals surface area contributed by atoms with Crippen LogP contribution in [0.25, 0.3) is 11.1 Å². The number of hydrogen-bond donors (Lipinski definition) is 1. The SMILES string of the molecule is Cc1c(-c2ccc3c(c2)CCC(=O)N3C)cncc1C(C)N[S@+]([O-])C(C)(C)C. The van der Waals surface area contributed by atoms with Gasteiger partial charge in [0.1, 0.15) is 4.75 Å².